The third kappa shape index (κ3) is 3.77. The van der Waals surface area contributed by atoms with E-state index in [9.17, 15) is 10.1 Å². The maximum absolute atomic E-state index is 11.0. The van der Waals surface area contributed by atoms with E-state index < -0.39 is 4.92 Å². The maximum atomic E-state index is 11.0. The molecule has 0 fully saturated rings. The van der Waals surface area contributed by atoms with Gasteiger partial charge in [-0.25, -0.2) is 0 Å². The number of ether oxygens (including phenoxy) is 1. The van der Waals surface area contributed by atoms with Crippen LogP contribution >= 0.6 is 23.2 Å². The van der Waals surface area contributed by atoms with E-state index in [1.54, 1.807) is 25.3 Å². The fourth-order valence-electron chi connectivity index (χ4n) is 1.88. The minimum Gasteiger partial charge on any atom is -0.496 e. The van der Waals surface area contributed by atoms with Crippen molar-refractivity contribution in [3.63, 3.8) is 0 Å². The maximum Gasteiger partial charge on any atom is 0.292 e. The van der Waals surface area contributed by atoms with Gasteiger partial charge in [0.15, 0.2) is 0 Å². The van der Waals surface area contributed by atoms with Crippen molar-refractivity contribution < 1.29 is 9.66 Å². The van der Waals surface area contributed by atoms with Crippen LogP contribution in [0, 0.1) is 10.1 Å². The molecule has 5 nitrogen and oxygen atoms in total. The van der Waals surface area contributed by atoms with Gasteiger partial charge in [0.2, 0.25) is 0 Å². The van der Waals surface area contributed by atoms with Crippen molar-refractivity contribution in [1.29, 1.82) is 0 Å². The van der Waals surface area contributed by atoms with Crippen LogP contribution in [0.1, 0.15) is 5.56 Å². The molecule has 0 saturated carbocycles. The molecule has 0 atom stereocenters. The molecule has 2 aromatic carbocycles. The summed E-state index contributed by atoms with van der Waals surface area (Å²) < 4.78 is 5.23. The second-order valence-corrected chi connectivity index (χ2v) is 5.10. The summed E-state index contributed by atoms with van der Waals surface area (Å²) >= 11 is 11.8. The van der Waals surface area contributed by atoms with Crippen molar-refractivity contribution >= 4 is 34.6 Å². The summed E-state index contributed by atoms with van der Waals surface area (Å²) in [6.07, 6.45) is 0. The lowest BCUT2D eigenvalue weighted by Crippen LogP contribution is -2.04. The summed E-state index contributed by atoms with van der Waals surface area (Å²) in [6, 6.07) is 9.54. The Morgan fingerprint density at radius 1 is 1.19 bits per heavy atom. The molecule has 7 heteroatoms. The number of nitro groups is 1. The Morgan fingerprint density at radius 3 is 2.52 bits per heavy atom. The molecule has 0 amide bonds. The SMILES string of the molecule is COc1ccc(Cl)cc1CNc1cc(Cl)ccc1[N+](=O)[O-]. The van der Waals surface area contributed by atoms with Crippen LogP contribution in [-0.4, -0.2) is 12.0 Å². The number of hydrogen-bond donors (Lipinski definition) is 1. The van der Waals surface area contributed by atoms with E-state index in [1.165, 1.54) is 18.2 Å². The summed E-state index contributed by atoms with van der Waals surface area (Å²) in [6.45, 7) is 0.324. The Kier molecular flexibility index (Phi) is 4.88. The van der Waals surface area contributed by atoms with Crippen LogP contribution in [0.4, 0.5) is 11.4 Å². The van der Waals surface area contributed by atoms with E-state index in [4.69, 9.17) is 27.9 Å². The first-order valence-corrected chi connectivity index (χ1v) is 6.77. The van der Waals surface area contributed by atoms with E-state index in [2.05, 4.69) is 5.32 Å². The molecule has 0 radical (unpaired) electrons. The molecule has 0 aromatic heterocycles. The second kappa shape index (κ2) is 6.65. The number of methoxy groups -OCH3 is 1. The molecule has 2 rings (SSSR count). The van der Waals surface area contributed by atoms with Crippen LogP contribution < -0.4 is 10.1 Å². The van der Waals surface area contributed by atoms with E-state index in [0.717, 1.165) is 5.56 Å². The van der Waals surface area contributed by atoms with Gasteiger partial charge in [-0.1, -0.05) is 23.2 Å². The minimum atomic E-state index is -0.464. The number of anilines is 1. The van der Waals surface area contributed by atoms with Gasteiger partial charge in [0, 0.05) is 28.2 Å². The van der Waals surface area contributed by atoms with E-state index in [-0.39, 0.29) is 5.69 Å². The predicted octanol–water partition coefficient (Wildman–Crippen LogP) is 4.52. The Morgan fingerprint density at radius 2 is 1.86 bits per heavy atom. The Labute approximate surface area is 131 Å². The van der Waals surface area contributed by atoms with Gasteiger partial charge in [0.25, 0.3) is 5.69 Å². The number of halogens is 2. The van der Waals surface area contributed by atoms with Gasteiger partial charge in [-0.05, 0) is 30.3 Å². The fraction of sp³-hybridized carbons (Fsp3) is 0.143. The van der Waals surface area contributed by atoms with Crippen LogP contribution in [0.5, 0.6) is 5.75 Å². The molecule has 0 unspecified atom stereocenters. The number of nitrogens with zero attached hydrogens (tertiary/aromatic N) is 1. The van der Waals surface area contributed by atoms with Crippen molar-refractivity contribution in [3.05, 3.63) is 62.1 Å². The van der Waals surface area contributed by atoms with Crippen molar-refractivity contribution in [1.82, 2.24) is 0 Å². The van der Waals surface area contributed by atoms with Gasteiger partial charge in [-0.15, -0.1) is 0 Å². The van der Waals surface area contributed by atoms with Gasteiger partial charge in [0.1, 0.15) is 11.4 Å². The summed E-state index contributed by atoms with van der Waals surface area (Å²) in [5, 5.41) is 15.0. The highest BCUT2D eigenvalue weighted by molar-refractivity contribution is 6.31. The number of nitrogens with one attached hydrogen (secondary N) is 1. The molecule has 110 valence electrons. The van der Waals surface area contributed by atoms with E-state index in [0.29, 0.717) is 28.0 Å². The second-order valence-electron chi connectivity index (χ2n) is 4.23. The van der Waals surface area contributed by atoms with Crippen molar-refractivity contribution in [2.24, 2.45) is 0 Å². The molecule has 0 spiro atoms. The highest BCUT2D eigenvalue weighted by Gasteiger charge is 2.14. The van der Waals surface area contributed by atoms with Crippen molar-refractivity contribution in [2.45, 2.75) is 6.54 Å². The molecule has 2 aromatic rings. The van der Waals surface area contributed by atoms with Crippen molar-refractivity contribution in [2.75, 3.05) is 12.4 Å². The normalized spacial score (nSPS) is 10.2. The first-order chi connectivity index (χ1) is 10.0. The average Bonchev–Trinajstić information content (AvgIpc) is 2.45. The van der Waals surface area contributed by atoms with E-state index >= 15 is 0 Å². The molecular formula is C14H12Cl2N2O3. The number of benzene rings is 2. The lowest BCUT2D eigenvalue weighted by Gasteiger charge is -2.11. The molecular weight excluding hydrogens is 315 g/mol. The standard InChI is InChI=1S/C14H12Cl2N2O3/c1-21-14-5-3-10(15)6-9(14)8-17-12-7-11(16)2-4-13(12)18(19)20/h2-7,17H,8H2,1H3. The third-order valence-corrected chi connectivity index (χ3v) is 3.34. The monoisotopic (exact) mass is 326 g/mol. The molecule has 0 aliphatic rings. The smallest absolute Gasteiger partial charge is 0.292 e. The van der Waals surface area contributed by atoms with Crippen molar-refractivity contribution in [3.8, 4) is 5.75 Å². The summed E-state index contributed by atoms with van der Waals surface area (Å²) in [7, 11) is 1.55. The quantitative estimate of drug-likeness (QED) is 0.648. The van der Waals surface area contributed by atoms with Gasteiger partial charge in [-0.3, -0.25) is 10.1 Å². The number of rotatable bonds is 5. The van der Waals surface area contributed by atoms with Crippen LogP contribution in [0.3, 0.4) is 0 Å². The van der Waals surface area contributed by atoms with Gasteiger partial charge < -0.3 is 10.1 Å². The highest BCUT2D eigenvalue weighted by atomic mass is 35.5. The Bertz CT molecular complexity index is 677. The lowest BCUT2D eigenvalue weighted by atomic mass is 10.2. The fourth-order valence-corrected chi connectivity index (χ4v) is 2.25. The molecule has 1 N–H and O–H groups in total. The zero-order chi connectivity index (χ0) is 15.4. The molecule has 21 heavy (non-hydrogen) atoms. The Hall–Kier alpha value is -1.98. The minimum absolute atomic E-state index is 0.0413. The average molecular weight is 327 g/mol. The molecule has 0 bridgehead atoms. The first kappa shape index (κ1) is 15.4. The van der Waals surface area contributed by atoms with Gasteiger partial charge in [-0.2, -0.15) is 0 Å². The Balaban J connectivity index is 2.26. The molecule has 0 saturated heterocycles. The predicted molar refractivity (Wildman–Crippen MR) is 83.4 cm³/mol. The first-order valence-electron chi connectivity index (χ1n) is 6.01. The molecule has 0 aliphatic heterocycles. The third-order valence-electron chi connectivity index (χ3n) is 2.87. The van der Waals surface area contributed by atoms with Gasteiger partial charge in [0.05, 0.1) is 12.0 Å². The molecule has 0 heterocycles. The number of hydrogen-bond acceptors (Lipinski definition) is 4. The topological polar surface area (TPSA) is 64.4 Å². The van der Waals surface area contributed by atoms with Crippen LogP contribution in [0.2, 0.25) is 10.0 Å². The van der Waals surface area contributed by atoms with Crippen LogP contribution in [0.15, 0.2) is 36.4 Å². The van der Waals surface area contributed by atoms with Crippen LogP contribution in [0.25, 0.3) is 0 Å². The van der Waals surface area contributed by atoms with E-state index in [1.807, 2.05) is 0 Å². The summed E-state index contributed by atoms with van der Waals surface area (Å²) in [5.74, 6) is 0.650. The van der Waals surface area contributed by atoms with Gasteiger partial charge >= 0.3 is 0 Å². The summed E-state index contributed by atoms with van der Waals surface area (Å²) in [4.78, 5) is 10.5. The lowest BCUT2D eigenvalue weighted by molar-refractivity contribution is -0.384. The largest absolute Gasteiger partial charge is 0.496 e. The number of nitro benzene ring substituents is 1. The molecule has 0 aliphatic carbocycles. The highest BCUT2D eigenvalue weighted by Crippen LogP contribution is 2.29. The summed E-state index contributed by atoms with van der Waals surface area (Å²) in [5.41, 5.74) is 1.09. The van der Waals surface area contributed by atoms with Crippen LogP contribution in [-0.2, 0) is 6.54 Å². The zero-order valence-electron chi connectivity index (χ0n) is 11.1. The zero-order valence-corrected chi connectivity index (χ0v) is 12.6.